The number of nitrogens with zero attached hydrogens (tertiary/aromatic N) is 2. The Morgan fingerprint density at radius 3 is 2.89 bits per heavy atom. The van der Waals surface area contributed by atoms with Crippen molar-refractivity contribution >= 4 is 23.4 Å². The molecule has 0 bridgehead atoms. The number of carbonyl (C=O) groups is 1. The fraction of sp³-hybridized carbons (Fsp3) is 0.545. The minimum Gasteiger partial charge on any atom is -0.477 e. The predicted molar refractivity (Wildman–Crippen MR) is 65.8 cm³/mol. The molecule has 3 N–H and O–H groups in total. The van der Waals surface area contributed by atoms with Gasteiger partial charge in [0.15, 0.2) is 0 Å². The molecule has 1 aromatic heterocycles. The zero-order valence-corrected chi connectivity index (χ0v) is 10.4. The Balaban J connectivity index is 2.14. The number of aliphatic hydroxyl groups excluding tert-OH is 1. The fourth-order valence-corrected chi connectivity index (χ4v) is 1.89. The zero-order valence-electron chi connectivity index (χ0n) is 9.64. The van der Waals surface area contributed by atoms with Crippen molar-refractivity contribution in [1.29, 1.82) is 0 Å². The van der Waals surface area contributed by atoms with Gasteiger partial charge in [0, 0.05) is 6.20 Å². The third kappa shape index (κ3) is 3.30. The summed E-state index contributed by atoms with van der Waals surface area (Å²) in [4.78, 5) is 18.5. The molecule has 1 aromatic rings. The molecule has 6 nitrogen and oxygen atoms in total. The van der Waals surface area contributed by atoms with E-state index in [-0.39, 0.29) is 29.3 Å². The molecule has 1 aliphatic carbocycles. The highest BCUT2D eigenvalue weighted by Gasteiger charge is 2.26. The maximum absolute atomic E-state index is 11.0. The summed E-state index contributed by atoms with van der Waals surface area (Å²) in [6.45, 7) is -0.0722. The molecule has 98 valence electrons. The normalized spacial score (nSPS) is 16.3. The summed E-state index contributed by atoms with van der Waals surface area (Å²) in [5.41, 5.74) is -0.0475. The smallest absolute Gasteiger partial charge is 0.341 e. The lowest BCUT2D eigenvalue weighted by atomic mass is 10.1. The first-order valence-corrected chi connectivity index (χ1v) is 6.11. The van der Waals surface area contributed by atoms with Gasteiger partial charge in [0.25, 0.3) is 0 Å². The van der Waals surface area contributed by atoms with Crippen LogP contribution in [0.15, 0.2) is 6.20 Å². The van der Waals surface area contributed by atoms with Crippen molar-refractivity contribution in [2.75, 3.05) is 11.9 Å². The van der Waals surface area contributed by atoms with Gasteiger partial charge in [-0.05, 0) is 23.9 Å². The molecule has 1 heterocycles. The van der Waals surface area contributed by atoms with Crippen LogP contribution in [0.3, 0.4) is 0 Å². The number of aromatic carboxylic acids is 1. The molecule has 0 saturated heterocycles. The number of rotatable bonds is 6. The van der Waals surface area contributed by atoms with Gasteiger partial charge in [0.2, 0.25) is 5.28 Å². The first-order chi connectivity index (χ1) is 8.60. The molecule has 1 atom stereocenters. The Hall–Kier alpha value is -1.40. The van der Waals surface area contributed by atoms with Gasteiger partial charge >= 0.3 is 5.97 Å². The monoisotopic (exact) mass is 271 g/mol. The van der Waals surface area contributed by atoms with Crippen LogP contribution in [0.1, 0.15) is 29.6 Å². The van der Waals surface area contributed by atoms with Crippen molar-refractivity contribution in [2.24, 2.45) is 5.92 Å². The number of carboxylic acid groups (broad SMARTS) is 1. The molecule has 2 rings (SSSR count). The molecule has 1 aliphatic rings. The number of hydrogen-bond acceptors (Lipinski definition) is 5. The first-order valence-electron chi connectivity index (χ1n) is 5.73. The Morgan fingerprint density at radius 1 is 1.61 bits per heavy atom. The molecule has 1 fully saturated rings. The van der Waals surface area contributed by atoms with Crippen LogP contribution in [0.4, 0.5) is 5.82 Å². The van der Waals surface area contributed by atoms with Crippen LogP contribution < -0.4 is 5.32 Å². The number of hydrogen-bond donors (Lipinski definition) is 3. The summed E-state index contributed by atoms with van der Waals surface area (Å²) in [7, 11) is 0. The number of aromatic nitrogens is 2. The van der Waals surface area contributed by atoms with Crippen molar-refractivity contribution in [3.8, 4) is 0 Å². The van der Waals surface area contributed by atoms with E-state index in [4.69, 9.17) is 16.7 Å². The lowest BCUT2D eigenvalue weighted by Crippen LogP contribution is -2.26. The predicted octanol–water partition coefficient (Wildman–Crippen LogP) is 1.40. The molecule has 0 spiro atoms. The van der Waals surface area contributed by atoms with E-state index < -0.39 is 5.97 Å². The summed E-state index contributed by atoms with van der Waals surface area (Å²) in [6.07, 6.45) is 4.28. The van der Waals surface area contributed by atoms with Gasteiger partial charge in [-0.1, -0.05) is 12.8 Å². The highest BCUT2D eigenvalue weighted by molar-refractivity contribution is 6.28. The topological polar surface area (TPSA) is 95.3 Å². The maximum atomic E-state index is 11.0. The lowest BCUT2D eigenvalue weighted by Gasteiger charge is -2.17. The maximum Gasteiger partial charge on any atom is 0.341 e. The van der Waals surface area contributed by atoms with E-state index in [9.17, 15) is 9.90 Å². The average Bonchev–Trinajstić information content (AvgIpc) is 3.11. The molecule has 0 unspecified atom stereocenters. The van der Waals surface area contributed by atoms with Crippen LogP contribution in [0.2, 0.25) is 5.28 Å². The highest BCUT2D eigenvalue weighted by Crippen LogP contribution is 2.34. The van der Waals surface area contributed by atoms with Crippen LogP contribution in [0.25, 0.3) is 0 Å². The summed E-state index contributed by atoms with van der Waals surface area (Å²) in [5.74, 6) is -0.361. The molecule has 18 heavy (non-hydrogen) atoms. The van der Waals surface area contributed by atoms with Crippen molar-refractivity contribution in [3.05, 3.63) is 17.0 Å². The van der Waals surface area contributed by atoms with E-state index in [1.54, 1.807) is 0 Å². The Morgan fingerprint density at radius 2 is 2.33 bits per heavy atom. The van der Waals surface area contributed by atoms with Crippen LogP contribution in [-0.2, 0) is 0 Å². The van der Waals surface area contributed by atoms with Crippen LogP contribution in [0.5, 0.6) is 0 Å². The second-order valence-electron chi connectivity index (χ2n) is 4.41. The standard InChI is InChI=1S/C11H14ClN3O3/c12-11-13-4-8(10(17)18)9(15-11)14-7(5-16)3-6-1-2-6/h4,6-7,16H,1-3,5H2,(H,17,18)(H,13,14,15)/t7-/m0/s1. The third-order valence-electron chi connectivity index (χ3n) is 2.87. The van der Waals surface area contributed by atoms with Crippen molar-refractivity contribution in [3.63, 3.8) is 0 Å². The van der Waals surface area contributed by atoms with E-state index in [2.05, 4.69) is 15.3 Å². The van der Waals surface area contributed by atoms with Gasteiger partial charge in [-0.3, -0.25) is 0 Å². The molecule has 7 heteroatoms. The number of nitrogens with one attached hydrogen (secondary N) is 1. The van der Waals surface area contributed by atoms with Crippen molar-refractivity contribution in [1.82, 2.24) is 9.97 Å². The summed E-state index contributed by atoms with van der Waals surface area (Å²) in [5, 5.41) is 21.2. The zero-order chi connectivity index (χ0) is 13.1. The average molecular weight is 272 g/mol. The van der Waals surface area contributed by atoms with E-state index in [0.29, 0.717) is 5.92 Å². The van der Waals surface area contributed by atoms with Gasteiger partial charge in [0.1, 0.15) is 11.4 Å². The summed E-state index contributed by atoms with van der Waals surface area (Å²) >= 11 is 5.65. The van der Waals surface area contributed by atoms with Gasteiger partial charge in [-0.15, -0.1) is 0 Å². The van der Waals surface area contributed by atoms with Gasteiger partial charge in [-0.2, -0.15) is 4.98 Å². The molecule has 1 saturated carbocycles. The van der Waals surface area contributed by atoms with E-state index in [1.807, 2.05) is 0 Å². The number of halogens is 1. The SMILES string of the molecule is O=C(O)c1cnc(Cl)nc1N[C@H](CO)CC1CC1. The fourth-order valence-electron chi connectivity index (χ4n) is 1.76. The molecule has 0 amide bonds. The van der Waals surface area contributed by atoms with Gasteiger partial charge in [0.05, 0.1) is 12.6 Å². The van der Waals surface area contributed by atoms with Crippen LogP contribution in [-0.4, -0.2) is 38.8 Å². The van der Waals surface area contributed by atoms with E-state index in [0.717, 1.165) is 25.5 Å². The van der Waals surface area contributed by atoms with Gasteiger partial charge < -0.3 is 15.5 Å². The second kappa shape index (κ2) is 5.49. The quantitative estimate of drug-likeness (QED) is 0.677. The molecular weight excluding hydrogens is 258 g/mol. The molecule has 0 radical (unpaired) electrons. The molecule has 0 aliphatic heterocycles. The largest absolute Gasteiger partial charge is 0.477 e. The number of aliphatic hydroxyl groups is 1. The van der Waals surface area contributed by atoms with Crippen molar-refractivity contribution in [2.45, 2.75) is 25.3 Å². The lowest BCUT2D eigenvalue weighted by molar-refractivity contribution is 0.0697. The Bertz CT molecular complexity index is 451. The molecular formula is C11H14ClN3O3. The summed E-state index contributed by atoms with van der Waals surface area (Å²) in [6, 6.07) is -0.207. The Labute approximate surface area is 109 Å². The van der Waals surface area contributed by atoms with Gasteiger partial charge in [-0.25, -0.2) is 9.78 Å². The highest BCUT2D eigenvalue weighted by atomic mass is 35.5. The number of carboxylic acids is 1. The minimum absolute atomic E-state index is 0.0226. The Kier molecular flexibility index (Phi) is 3.98. The van der Waals surface area contributed by atoms with E-state index >= 15 is 0 Å². The van der Waals surface area contributed by atoms with Crippen molar-refractivity contribution < 1.29 is 15.0 Å². The minimum atomic E-state index is -1.13. The van der Waals surface area contributed by atoms with Crippen LogP contribution in [0, 0.1) is 5.92 Å². The van der Waals surface area contributed by atoms with E-state index in [1.165, 1.54) is 0 Å². The first kappa shape index (κ1) is 13.0. The number of anilines is 1. The molecule has 0 aromatic carbocycles. The second-order valence-corrected chi connectivity index (χ2v) is 4.75. The summed E-state index contributed by atoms with van der Waals surface area (Å²) < 4.78 is 0. The third-order valence-corrected chi connectivity index (χ3v) is 3.05. The van der Waals surface area contributed by atoms with Crippen LogP contribution >= 0.6 is 11.6 Å².